The van der Waals surface area contributed by atoms with Crippen LogP contribution in [0.4, 0.5) is 24.7 Å². The van der Waals surface area contributed by atoms with Crippen molar-refractivity contribution in [3.05, 3.63) is 47.3 Å². The van der Waals surface area contributed by atoms with E-state index < -0.39 is 17.8 Å². The highest BCUT2D eigenvalue weighted by atomic mass is 19.4. The zero-order valence-electron chi connectivity index (χ0n) is 19.4. The van der Waals surface area contributed by atoms with Gasteiger partial charge < -0.3 is 20.5 Å². The molecule has 0 aliphatic rings. The topological polar surface area (TPSA) is 99.6 Å². The van der Waals surface area contributed by atoms with E-state index in [2.05, 4.69) is 15.5 Å². The Hall–Kier alpha value is -3.76. The van der Waals surface area contributed by atoms with Gasteiger partial charge in [-0.25, -0.2) is 0 Å². The van der Waals surface area contributed by atoms with Gasteiger partial charge in [-0.15, -0.1) is 15.3 Å². The molecule has 3 N–H and O–H groups in total. The molecule has 2 heterocycles. The predicted molar refractivity (Wildman–Crippen MR) is 123 cm³/mol. The van der Waals surface area contributed by atoms with Crippen molar-refractivity contribution in [3.8, 4) is 11.5 Å². The summed E-state index contributed by atoms with van der Waals surface area (Å²) in [5.74, 6) is 2.08. The smallest absolute Gasteiger partial charge is 0.416 e. The van der Waals surface area contributed by atoms with Crippen LogP contribution in [0.1, 0.15) is 49.7 Å². The van der Waals surface area contributed by atoms with Gasteiger partial charge in [0.05, 0.1) is 25.8 Å². The van der Waals surface area contributed by atoms with Crippen molar-refractivity contribution < 1.29 is 22.6 Å². The molecule has 2 aromatic heterocycles. The van der Waals surface area contributed by atoms with Gasteiger partial charge in [-0.1, -0.05) is 13.8 Å². The lowest BCUT2D eigenvalue weighted by Gasteiger charge is -2.20. The molecule has 2 aromatic carbocycles. The van der Waals surface area contributed by atoms with Gasteiger partial charge in [-0.05, 0) is 42.8 Å². The van der Waals surface area contributed by atoms with Crippen LogP contribution in [-0.4, -0.2) is 34.0 Å². The summed E-state index contributed by atoms with van der Waals surface area (Å²) in [7, 11) is 3.05. The van der Waals surface area contributed by atoms with Crippen LogP contribution in [0, 0.1) is 0 Å². The summed E-state index contributed by atoms with van der Waals surface area (Å²) in [6.07, 6.45) is -4.51. The van der Waals surface area contributed by atoms with Crippen molar-refractivity contribution in [2.45, 2.75) is 38.9 Å². The molecule has 0 bridgehead atoms. The molecule has 0 saturated heterocycles. The van der Waals surface area contributed by atoms with Gasteiger partial charge in [0.2, 0.25) is 0 Å². The number of rotatable bonds is 6. The van der Waals surface area contributed by atoms with Crippen LogP contribution < -0.4 is 20.5 Å². The summed E-state index contributed by atoms with van der Waals surface area (Å²) < 4.78 is 52.5. The molecule has 0 spiro atoms. The Kier molecular flexibility index (Phi) is 5.88. The number of benzene rings is 2. The number of nitrogens with zero attached hydrogens (tertiary/aromatic N) is 4. The third-order valence-electron chi connectivity index (χ3n) is 5.56. The second-order valence-electron chi connectivity index (χ2n) is 8.30. The molecular weight excluding hydrogens is 449 g/mol. The Morgan fingerprint density at radius 3 is 2.18 bits per heavy atom. The molecule has 0 saturated carbocycles. The number of ether oxygens (including phenoxy) is 2. The highest BCUT2D eigenvalue weighted by molar-refractivity contribution is 6.02. The summed E-state index contributed by atoms with van der Waals surface area (Å²) in [6.45, 7) is 5.68. The number of nitrogen functional groups attached to an aromatic ring is 1. The van der Waals surface area contributed by atoms with Crippen LogP contribution >= 0.6 is 0 Å². The van der Waals surface area contributed by atoms with Gasteiger partial charge in [-0.2, -0.15) is 17.7 Å². The predicted octanol–water partition coefficient (Wildman–Crippen LogP) is 5.19. The summed E-state index contributed by atoms with van der Waals surface area (Å²) in [4.78, 5) is 0. The monoisotopic (exact) mass is 474 g/mol. The molecule has 180 valence electrons. The normalized spacial score (nSPS) is 13.0. The third kappa shape index (κ3) is 4.13. The molecule has 0 unspecified atom stereocenters. The Morgan fingerprint density at radius 1 is 0.941 bits per heavy atom. The van der Waals surface area contributed by atoms with Crippen molar-refractivity contribution >= 4 is 27.9 Å². The summed E-state index contributed by atoms with van der Waals surface area (Å²) >= 11 is 0. The van der Waals surface area contributed by atoms with E-state index in [4.69, 9.17) is 20.3 Å². The Morgan fingerprint density at radius 2 is 1.59 bits per heavy atom. The van der Waals surface area contributed by atoms with Crippen LogP contribution in [0.3, 0.4) is 0 Å². The van der Waals surface area contributed by atoms with Crippen LogP contribution in [0.15, 0.2) is 30.3 Å². The van der Waals surface area contributed by atoms with Gasteiger partial charge in [-0.3, -0.25) is 0 Å². The van der Waals surface area contributed by atoms with Crippen LogP contribution in [0.25, 0.3) is 16.4 Å². The molecule has 1 atom stereocenters. The fraction of sp³-hybridized carbons (Fsp3) is 0.348. The molecule has 8 nitrogen and oxygen atoms in total. The van der Waals surface area contributed by atoms with Gasteiger partial charge in [0, 0.05) is 22.4 Å². The number of nitrogens with one attached hydrogen (secondary N) is 1. The number of halogens is 3. The molecule has 0 aliphatic heterocycles. The number of alkyl halides is 3. The highest BCUT2D eigenvalue weighted by Crippen LogP contribution is 2.38. The molecule has 0 fully saturated rings. The maximum Gasteiger partial charge on any atom is 0.416 e. The zero-order chi connectivity index (χ0) is 24.8. The fourth-order valence-electron chi connectivity index (χ4n) is 3.82. The molecule has 4 rings (SSSR count). The average Bonchev–Trinajstić information content (AvgIpc) is 3.21. The van der Waals surface area contributed by atoms with E-state index in [9.17, 15) is 13.2 Å². The number of hydrogen-bond donors (Lipinski definition) is 2. The first-order chi connectivity index (χ1) is 16.0. The lowest BCUT2D eigenvalue weighted by Crippen LogP contribution is -2.14. The van der Waals surface area contributed by atoms with Crippen molar-refractivity contribution in [1.82, 2.24) is 19.8 Å². The second kappa shape index (κ2) is 8.54. The first-order valence-corrected chi connectivity index (χ1v) is 10.6. The lowest BCUT2D eigenvalue weighted by molar-refractivity contribution is -0.137. The summed E-state index contributed by atoms with van der Waals surface area (Å²) in [5, 5.41) is 17.9. The Balaban J connectivity index is 1.90. The number of fused-ring (bicyclic) bond motifs is 3. The molecule has 11 heteroatoms. The van der Waals surface area contributed by atoms with Gasteiger partial charge in [0.15, 0.2) is 28.8 Å². The molecule has 4 aromatic rings. The molecule has 34 heavy (non-hydrogen) atoms. The van der Waals surface area contributed by atoms with Crippen molar-refractivity contribution in [2.75, 3.05) is 25.3 Å². The van der Waals surface area contributed by atoms with Crippen molar-refractivity contribution in [3.63, 3.8) is 0 Å². The van der Waals surface area contributed by atoms with Gasteiger partial charge in [0.1, 0.15) is 0 Å². The van der Waals surface area contributed by atoms with Crippen molar-refractivity contribution in [1.29, 1.82) is 0 Å². The third-order valence-corrected chi connectivity index (χ3v) is 5.56. The second-order valence-corrected chi connectivity index (χ2v) is 8.30. The zero-order valence-corrected chi connectivity index (χ0v) is 19.4. The largest absolute Gasteiger partial charge is 0.493 e. The number of anilines is 2. The highest BCUT2D eigenvalue weighted by Gasteiger charge is 2.31. The lowest BCUT2D eigenvalue weighted by atomic mass is 10.0. The Bertz CT molecular complexity index is 1370. The quantitative estimate of drug-likeness (QED) is 0.371. The standard InChI is InChI=1S/C23H25F3N6O2/c1-11(2)21-29-30-22-17-10-19(34-5)18(33-4)9-16(17)20(31-32(21)22)28-12(3)13-6-14(23(24,25)26)8-15(27)7-13/h6-12H,27H2,1-5H3,(H,28,31)/t12-/m1/s1. The first-order valence-electron chi connectivity index (χ1n) is 10.6. The molecule has 0 amide bonds. The SMILES string of the molecule is COc1cc2c(N[C@H](C)c3cc(N)cc(C(F)(F)F)c3)nn3c(C(C)C)nnc3c2cc1OC. The minimum Gasteiger partial charge on any atom is -0.493 e. The minimum absolute atomic E-state index is 0.0269. The van der Waals surface area contributed by atoms with Crippen molar-refractivity contribution in [2.24, 2.45) is 0 Å². The van der Waals surface area contributed by atoms with Crippen LogP contribution in [-0.2, 0) is 6.18 Å². The maximum absolute atomic E-state index is 13.3. The summed E-state index contributed by atoms with van der Waals surface area (Å²) in [5.41, 5.74) is 5.89. The number of nitrogens with two attached hydrogens (primary N) is 1. The van der Waals surface area contributed by atoms with Gasteiger partial charge >= 0.3 is 6.18 Å². The van der Waals surface area contributed by atoms with E-state index in [1.165, 1.54) is 20.3 Å². The number of hydrogen-bond acceptors (Lipinski definition) is 7. The minimum atomic E-state index is -4.51. The van der Waals surface area contributed by atoms with E-state index in [0.29, 0.717) is 45.1 Å². The molecular formula is C23H25F3N6O2. The number of aromatic nitrogens is 4. The van der Waals surface area contributed by atoms with E-state index in [1.807, 2.05) is 13.8 Å². The van der Waals surface area contributed by atoms with E-state index >= 15 is 0 Å². The maximum atomic E-state index is 13.3. The van der Waals surface area contributed by atoms with Crippen LogP contribution in [0.2, 0.25) is 0 Å². The molecule has 0 radical (unpaired) electrons. The summed E-state index contributed by atoms with van der Waals surface area (Å²) in [6, 6.07) is 6.48. The van der Waals surface area contributed by atoms with Crippen LogP contribution in [0.5, 0.6) is 11.5 Å². The average molecular weight is 474 g/mol. The number of methoxy groups -OCH3 is 2. The van der Waals surface area contributed by atoms with E-state index in [-0.39, 0.29) is 11.6 Å². The van der Waals surface area contributed by atoms with E-state index in [1.54, 1.807) is 23.6 Å². The van der Waals surface area contributed by atoms with Gasteiger partial charge in [0.25, 0.3) is 0 Å². The molecule has 0 aliphatic carbocycles. The Labute approximate surface area is 193 Å². The first kappa shape index (κ1) is 23.4. The fourth-order valence-corrected chi connectivity index (χ4v) is 3.82. The van der Waals surface area contributed by atoms with E-state index in [0.717, 1.165) is 12.1 Å².